The summed E-state index contributed by atoms with van der Waals surface area (Å²) in [5, 5.41) is 3.77. The number of nitrogens with one attached hydrogen (secondary N) is 1. The molecule has 19 heavy (non-hydrogen) atoms. The molecule has 3 aromatic rings. The standard InChI is InChI=1S/C14H13N3OS/c1-15-13-10(5-4-8-16-13)9-19-14-17-11-6-2-3-7-12(11)18-14/h2-8H,9H2,1H3,(H,15,16). The Morgan fingerprint density at radius 1 is 1.21 bits per heavy atom. The third-order valence-electron chi connectivity index (χ3n) is 2.75. The quantitative estimate of drug-likeness (QED) is 0.735. The first kappa shape index (κ1) is 12.0. The Balaban J connectivity index is 1.78. The van der Waals surface area contributed by atoms with Crippen molar-refractivity contribution in [3.63, 3.8) is 0 Å². The van der Waals surface area contributed by atoms with E-state index in [0.29, 0.717) is 5.22 Å². The molecular weight excluding hydrogens is 258 g/mol. The number of fused-ring (bicyclic) bond motifs is 1. The van der Waals surface area contributed by atoms with E-state index in [1.807, 2.05) is 37.4 Å². The lowest BCUT2D eigenvalue weighted by molar-refractivity contribution is 0.489. The average Bonchev–Trinajstić information content (AvgIpc) is 2.88. The van der Waals surface area contributed by atoms with Crippen LogP contribution < -0.4 is 5.32 Å². The van der Waals surface area contributed by atoms with E-state index in [4.69, 9.17) is 4.42 Å². The van der Waals surface area contributed by atoms with Crippen LogP contribution in [-0.4, -0.2) is 17.0 Å². The number of pyridine rings is 1. The molecule has 0 saturated carbocycles. The van der Waals surface area contributed by atoms with Crippen molar-refractivity contribution in [3.8, 4) is 0 Å². The van der Waals surface area contributed by atoms with Crippen LogP contribution in [0.1, 0.15) is 5.56 Å². The van der Waals surface area contributed by atoms with Gasteiger partial charge in [-0.05, 0) is 18.2 Å². The molecule has 0 fully saturated rings. The molecule has 1 aromatic carbocycles. The van der Waals surface area contributed by atoms with E-state index >= 15 is 0 Å². The van der Waals surface area contributed by atoms with Gasteiger partial charge in [0.1, 0.15) is 11.3 Å². The van der Waals surface area contributed by atoms with Crippen LogP contribution in [0.4, 0.5) is 5.82 Å². The lowest BCUT2D eigenvalue weighted by atomic mass is 10.3. The molecule has 0 aliphatic carbocycles. The van der Waals surface area contributed by atoms with Crippen LogP contribution in [0, 0.1) is 0 Å². The van der Waals surface area contributed by atoms with Crippen LogP contribution in [0.25, 0.3) is 11.1 Å². The molecule has 0 amide bonds. The van der Waals surface area contributed by atoms with Crippen LogP contribution in [-0.2, 0) is 5.75 Å². The van der Waals surface area contributed by atoms with Crippen LogP contribution in [0.3, 0.4) is 0 Å². The van der Waals surface area contributed by atoms with Crippen LogP contribution in [0.2, 0.25) is 0 Å². The normalized spacial score (nSPS) is 10.8. The summed E-state index contributed by atoms with van der Waals surface area (Å²) in [6.45, 7) is 0. The highest BCUT2D eigenvalue weighted by Crippen LogP contribution is 2.27. The average molecular weight is 271 g/mol. The van der Waals surface area contributed by atoms with E-state index in [0.717, 1.165) is 28.2 Å². The Morgan fingerprint density at radius 3 is 2.95 bits per heavy atom. The smallest absolute Gasteiger partial charge is 0.257 e. The minimum atomic E-state index is 0.687. The zero-order valence-corrected chi connectivity index (χ0v) is 11.3. The highest BCUT2D eigenvalue weighted by Gasteiger charge is 2.08. The molecule has 5 heteroatoms. The van der Waals surface area contributed by atoms with Crippen molar-refractivity contribution >= 4 is 28.7 Å². The zero-order valence-electron chi connectivity index (χ0n) is 10.5. The molecule has 0 spiro atoms. The van der Waals surface area contributed by atoms with Crippen molar-refractivity contribution in [1.82, 2.24) is 9.97 Å². The lowest BCUT2D eigenvalue weighted by Gasteiger charge is -2.05. The SMILES string of the molecule is CNc1ncccc1CSc1nc2ccccc2o1. The Labute approximate surface area is 115 Å². The largest absolute Gasteiger partial charge is 0.431 e. The first-order chi connectivity index (χ1) is 9.36. The van der Waals surface area contributed by atoms with Crippen molar-refractivity contribution in [2.45, 2.75) is 11.0 Å². The molecule has 0 aliphatic heterocycles. The van der Waals surface area contributed by atoms with Crippen molar-refractivity contribution in [2.75, 3.05) is 12.4 Å². The molecule has 0 aliphatic rings. The number of anilines is 1. The van der Waals surface area contributed by atoms with Gasteiger partial charge in [-0.15, -0.1) is 0 Å². The number of rotatable bonds is 4. The maximum atomic E-state index is 5.67. The van der Waals surface area contributed by atoms with E-state index in [1.165, 1.54) is 0 Å². The van der Waals surface area contributed by atoms with E-state index in [9.17, 15) is 0 Å². The molecule has 4 nitrogen and oxygen atoms in total. The van der Waals surface area contributed by atoms with E-state index in [1.54, 1.807) is 18.0 Å². The first-order valence-corrected chi connectivity index (χ1v) is 6.95. The molecule has 1 N–H and O–H groups in total. The maximum absolute atomic E-state index is 5.67. The Hall–Kier alpha value is -2.01. The van der Waals surface area contributed by atoms with E-state index in [-0.39, 0.29) is 0 Å². The van der Waals surface area contributed by atoms with Gasteiger partial charge in [-0.2, -0.15) is 0 Å². The number of oxazole rings is 1. The van der Waals surface area contributed by atoms with Gasteiger partial charge in [0.25, 0.3) is 5.22 Å². The van der Waals surface area contributed by atoms with E-state index in [2.05, 4.69) is 21.4 Å². The summed E-state index contributed by atoms with van der Waals surface area (Å²) in [6, 6.07) is 11.8. The summed E-state index contributed by atoms with van der Waals surface area (Å²) >= 11 is 1.57. The molecule has 2 heterocycles. The van der Waals surface area contributed by atoms with Gasteiger partial charge in [0, 0.05) is 24.6 Å². The summed E-state index contributed by atoms with van der Waals surface area (Å²) in [7, 11) is 1.87. The number of hydrogen-bond donors (Lipinski definition) is 1. The van der Waals surface area contributed by atoms with Crippen LogP contribution in [0.5, 0.6) is 0 Å². The highest BCUT2D eigenvalue weighted by atomic mass is 32.2. The Bertz CT molecular complexity index is 663. The van der Waals surface area contributed by atoms with Crippen LogP contribution >= 0.6 is 11.8 Å². The monoisotopic (exact) mass is 271 g/mol. The summed E-state index contributed by atoms with van der Waals surface area (Å²) in [6.07, 6.45) is 1.78. The second-order valence-electron chi connectivity index (χ2n) is 4.00. The van der Waals surface area contributed by atoms with Crippen molar-refractivity contribution < 1.29 is 4.42 Å². The Morgan fingerprint density at radius 2 is 2.11 bits per heavy atom. The molecule has 0 saturated heterocycles. The molecule has 3 rings (SSSR count). The number of thioether (sulfide) groups is 1. The molecule has 2 aromatic heterocycles. The predicted octanol–water partition coefficient (Wildman–Crippen LogP) is 3.56. The number of hydrogen-bond acceptors (Lipinski definition) is 5. The van der Waals surface area contributed by atoms with Crippen molar-refractivity contribution in [1.29, 1.82) is 0 Å². The highest BCUT2D eigenvalue weighted by molar-refractivity contribution is 7.98. The molecule has 0 radical (unpaired) electrons. The third kappa shape index (κ3) is 2.56. The minimum absolute atomic E-state index is 0.687. The van der Waals surface area contributed by atoms with Gasteiger partial charge in [-0.1, -0.05) is 30.0 Å². The van der Waals surface area contributed by atoms with Gasteiger partial charge < -0.3 is 9.73 Å². The Kier molecular flexibility index (Phi) is 3.37. The molecular formula is C14H13N3OS. The van der Waals surface area contributed by atoms with Gasteiger partial charge in [-0.25, -0.2) is 9.97 Å². The summed E-state index contributed by atoms with van der Waals surface area (Å²) < 4.78 is 5.67. The van der Waals surface area contributed by atoms with Gasteiger partial charge in [0.15, 0.2) is 5.58 Å². The van der Waals surface area contributed by atoms with Gasteiger partial charge in [-0.3, -0.25) is 0 Å². The number of para-hydroxylation sites is 2. The predicted molar refractivity (Wildman–Crippen MR) is 77.4 cm³/mol. The summed E-state index contributed by atoms with van der Waals surface area (Å²) in [5.41, 5.74) is 2.85. The second-order valence-corrected chi connectivity index (χ2v) is 4.92. The van der Waals surface area contributed by atoms with Crippen molar-refractivity contribution in [2.24, 2.45) is 0 Å². The number of aromatic nitrogens is 2. The van der Waals surface area contributed by atoms with Crippen LogP contribution in [0.15, 0.2) is 52.2 Å². The maximum Gasteiger partial charge on any atom is 0.257 e. The fraction of sp³-hybridized carbons (Fsp3) is 0.143. The number of benzene rings is 1. The summed E-state index contributed by atoms with van der Waals surface area (Å²) in [4.78, 5) is 8.72. The molecule has 0 atom stereocenters. The van der Waals surface area contributed by atoms with Gasteiger partial charge in [0.05, 0.1) is 0 Å². The molecule has 0 unspecified atom stereocenters. The fourth-order valence-corrected chi connectivity index (χ4v) is 2.66. The topological polar surface area (TPSA) is 51.0 Å². The van der Waals surface area contributed by atoms with Gasteiger partial charge in [0.2, 0.25) is 0 Å². The lowest BCUT2D eigenvalue weighted by Crippen LogP contribution is -1.96. The molecule has 96 valence electrons. The van der Waals surface area contributed by atoms with Crippen molar-refractivity contribution in [3.05, 3.63) is 48.2 Å². The minimum Gasteiger partial charge on any atom is -0.431 e. The summed E-state index contributed by atoms with van der Waals surface area (Å²) in [5.74, 6) is 1.67. The second kappa shape index (κ2) is 5.32. The third-order valence-corrected chi connectivity index (χ3v) is 3.63. The number of nitrogens with zero attached hydrogens (tertiary/aromatic N) is 2. The van der Waals surface area contributed by atoms with E-state index < -0.39 is 0 Å². The fourth-order valence-electron chi connectivity index (χ4n) is 1.83. The first-order valence-electron chi connectivity index (χ1n) is 5.97. The molecule has 0 bridgehead atoms. The van der Waals surface area contributed by atoms with Gasteiger partial charge >= 0.3 is 0 Å². The zero-order chi connectivity index (χ0) is 13.1.